The fraction of sp³-hybridized carbons (Fsp3) is 0.286. The zero-order valence-corrected chi connectivity index (χ0v) is 10.1. The fourth-order valence-corrected chi connectivity index (χ4v) is 2.11. The summed E-state index contributed by atoms with van der Waals surface area (Å²) in [4.78, 5) is 0. The number of aliphatic hydroxyl groups is 1. The summed E-state index contributed by atoms with van der Waals surface area (Å²) in [5.74, 6) is 0.229. The molecule has 0 aliphatic carbocycles. The quantitative estimate of drug-likeness (QED) is 0.863. The van der Waals surface area contributed by atoms with Crippen molar-refractivity contribution < 1.29 is 13.9 Å². The van der Waals surface area contributed by atoms with Gasteiger partial charge >= 0.3 is 0 Å². The highest BCUT2D eigenvalue weighted by molar-refractivity contribution is 5.39. The second-order valence-corrected chi connectivity index (χ2v) is 4.31. The van der Waals surface area contributed by atoms with E-state index in [0.717, 1.165) is 11.1 Å². The molecule has 0 saturated carbocycles. The minimum Gasteiger partial charge on any atom is -0.469 e. The Morgan fingerprint density at radius 1 is 1.24 bits per heavy atom. The van der Waals surface area contributed by atoms with Gasteiger partial charge in [-0.1, -0.05) is 6.07 Å². The van der Waals surface area contributed by atoms with Crippen molar-refractivity contribution in [2.45, 2.75) is 26.9 Å². The van der Waals surface area contributed by atoms with Crippen LogP contribution in [0.2, 0.25) is 0 Å². The lowest BCUT2D eigenvalue weighted by Crippen LogP contribution is -2.06. The summed E-state index contributed by atoms with van der Waals surface area (Å²) in [5, 5.41) is 10.2. The summed E-state index contributed by atoms with van der Waals surface area (Å²) in [6, 6.07) is 4.96. The molecule has 0 amide bonds. The first-order valence-corrected chi connectivity index (χ1v) is 5.49. The van der Waals surface area contributed by atoms with Crippen molar-refractivity contribution in [3.05, 3.63) is 58.3 Å². The molecule has 0 fully saturated rings. The van der Waals surface area contributed by atoms with Gasteiger partial charge in [-0.25, -0.2) is 4.39 Å². The third-order valence-corrected chi connectivity index (χ3v) is 2.95. The molecule has 0 radical (unpaired) electrons. The van der Waals surface area contributed by atoms with Gasteiger partial charge in [-0.05, 0) is 44.0 Å². The summed E-state index contributed by atoms with van der Waals surface area (Å²) in [7, 11) is 0. The molecule has 0 saturated heterocycles. The van der Waals surface area contributed by atoms with Crippen molar-refractivity contribution in [2.75, 3.05) is 0 Å². The van der Waals surface area contributed by atoms with Crippen LogP contribution in [0.3, 0.4) is 0 Å². The maximum atomic E-state index is 13.9. The minimum atomic E-state index is -0.977. The molecular formula is C14H15FO2. The lowest BCUT2D eigenvalue weighted by atomic mass is 9.96. The van der Waals surface area contributed by atoms with Crippen molar-refractivity contribution in [1.82, 2.24) is 0 Å². The molecule has 2 aromatic rings. The molecule has 1 N–H and O–H groups in total. The Bertz CT molecular complexity index is 520. The number of aliphatic hydroxyl groups excluding tert-OH is 1. The highest BCUT2D eigenvalue weighted by atomic mass is 19.1. The fourth-order valence-electron chi connectivity index (χ4n) is 2.11. The Balaban J connectivity index is 2.51. The first kappa shape index (κ1) is 11.9. The van der Waals surface area contributed by atoms with Crippen LogP contribution >= 0.6 is 0 Å². The van der Waals surface area contributed by atoms with Crippen LogP contribution in [0, 0.1) is 26.6 Å². The second kappa shape index (κ2) is 4.34. The van der Waals surface area contributed by atoms with Gasteiger partial charge in [0.05, 0.1) is 6.26 Å². The van der Waals surface area contributed by atoms with Gasteiger partial charge in [-0.15, -0.1) is 0 Å². The molecule has 0 aliphatic heterocycles. The largest absolute Gasteiger partial charge is 0.469 e. The third kappa shape index (κ3) is 2.11. The normalized spacial score (nSPS) is 12.8. The summed E-state index contributed by atoms with van der Waals surface area (Å²) in [5.41, 5.74) is 2.52. The van der Waals surface area contributed by atoms with E-state index in [1.54, 1.807) is 19.9 Å². The Labute approximate surface area is 99.7 Å². The molecule has 2 nitrogen and oxygen atoms in total. The molecule has 0 aliphatic rings. The van der Waals surface area contributed by atoms with E-state index in [1.165, 1.54) is 12.3 Å². The number of aryl methyl sites for hydroxylation is 3. The topological polar surface area (TPSA) is 33.4 Å². The average molecular weight is 234 g/mol. The maximum absolute atomic E-state index is 13.9. The number of hydrogen-bond donors (Lipinski definition) is 1. The van der Waals surface area contributed by atoms with Crippen molar-refractivity contribution in [3.8, 4) is 0 Å². The van der Waals surface area contributed by atoms with Crippen molar-refractivity contribution in [3.63, 3.8) is 0 Å². The first-order valence-electron chi connectivity index (χ1n) is 5.49. The van der Waals surface area contributed by atoms with E-state index in [1.807, 2.05) is 13.0 Å². The molecule has 0 spiro atoms. The van der Waals surface area contributed by atoms with Crippen LogP contribution in [0.5, 0.6) is 0 Å². The smallest absolute Gasteiger partial charge is 0.129 e. The third-order valence-electron chi connectivity index (χ3n) is 2.95. The van der Waals surface area contributed by atoms with E-state index in [4.69, 9.17) is 4.42 Å². The molecule has 3 heteroatoms. The Morgan fingerprint density at radius 2 is 1.94 bits per heavy atom. The predicted molar refractivity (Wildman–Crippen MR) is 63.4 cm³/mol. The Hall–Kier alpha value is -1.61. The van der Waals surface area contributed by atoms with Gasteiger partial charge in [0.1, 0.15) is 17.7 Å². The molecule has 1 aromatic carbocycles. The van der Waals surface area contributed by atoms with Crippen molar-refractivity contribution >= 4 is 0 Å². The second-order valence-electron chi connectivity index (χ2n) is 4.31. The van der Waals surface area contributed by atoms with Gasteiger partial charge in [0.2, 0.25) is 0 Å². The number of hydrogen-bond acceptors (Lipinski definition) is 2. The van der Waals surface area contributed by atoms with E-state index in [-0.39, 0.29) is 5.82 Å². The molecule has 1 unspecified atom stereocenters. The minimum absolute atomic E-state index is 0.320. The van der Waals surface area contributed by atoms with Crippen LogP contribution in [0.25, 0.3) is 0 Å². The van der Waals surface area contributed by atoms with E-state index in [2.05, 4.69) is 0 Å². The van der Waals surface area contributed by atoms with Crippen LogP contribution in [0.15, 0.2) is 28.9 Å². The van der Waals surface area contributed by atoms with Crippen LogP contribution < -0.4 is 0 Å². The van der Waals surface area contributed by atoms with Crippen LogP contribution in [-0.4, -0.2) is 5.11 Å². The lowest BCUT2D eigenvalue weighted by Gasteiger charge is -2.15. The van der Waals surface area contributed by atoms with E-state index < -0.39 is 6.10 Å². The number of furan rings is 1. The van der Waals surface area contributed by atoms with Gasteiger partial charge in [0, 0.05) is 11.1 Å². The molecule has 1 heterocycles. The lowest BCUT2D eigenvalue weighted by molar-refractivity contribution is 0.212. The van der Waals surface area contributed by atoms with Gasteiger partial charge in [0.15, 0.2) is 0 Å². The molecule has 2 rings (SSSR count). The van der Waals surface area contributed by atoms with Crippen LogP contribution in [0.1, 0.15) is 34.1 Å². The summed E-state index contributed by atoms with van der Waals surface area (Å²) >= 11 is 0. The summed E-state index contributed by atoms with van der Waals surface area (Å²) < 4.78 is 19.0. The monoisotopic (exact) mass is 234 g/mol. The van der Waals surface area contributed by atoms with E-state index >= 15 is 0 Å². The standard InChI is InChI=1S/C14H15FO2/c1-8-6-9(2)13(12(15)7-8)14(16)11-4-5-17-10(11)3/h4-7,14,16H,1-3H3. The SMILES string of the molecule is Cc1cc(C)c(C(O)c2ccoc2C)c(F)c1. The molecule has 1 aromatic heterocycles. The number of rotatable bonds is 2. The van der Waals surface area contributed by atoms with Crippen LogP contribution in [-0.2, 0) is 0 Å². The molecular weight excluding hydrogens is 219 g/mol. The summed E-state index contributed by atoms with van der Waals surface area (Å²) in [6.07, 6.45) is 0.518. The van der Waals surface area contributed by atoms with Gasteiger partial charge < -0.3 is 9.52 Å². The molecule has 17 heavy (non-hydrogen) atoms. The molecule has 0 bridgehead atoms. The van der Waals surface area contributed by atoms with E-state index in [9.17, 15) is 9.50 Å². The van der Waals surface area contributed by atoms with Gasteiger partial charge in [0.25, 0.3) is 0 Å². The zero-order chi connectivity index (χ0) is 12.6. The molecule has 90 valence electrons. The highest BCUT2D eigenvalue weighted by Crippen LogP contribution is 2.30. The van der Waals surface area contributed by atoms with Gasteiger partial charge in [-0.2, -0.15) is 0 Å². The highest BCUT2D eigenvalue weighted by Gasteiger charge is 2.20. The number of benzene rings is 1. The van der Waals surface area contributed by atoms with E-state index in [0.29, 0.717) is 16.9 Å². The number of halogens is 1. The van der Waals surface area contributed by atoms with Crippen molar-refractivity contribution in [1.29, 1.82) is 0 Å². The van der Waals surface area contributed by atoms with Crippen molar-refractivity contribution in [2.24, 2.45) is 0 Å². The predicted octanol–water partition coefficient (Wildman–Crippen LogP) is 3.43. The Kier molecular flexibility index (Phi) is 3.03. The Morgan fingerprint density at radius 3 is 2.47 bits per heavy atom. The van der Waals surface area contributed by atoms with Gasteiger partial charge in [-0.3, -0.25) is 0 Å². The average Bonchev–Trinajstić information content (AvgIpc) is 2.62. The molecule has 1 atom stereocenters. The maximum Gasteiger partial charge on any atom is 0.129 e. The first-order chi connectivity index (χ1) is 8.00. The summed E-state index contributed by atoms with van der Waals surface area (Å²) in [6.45, 7) is 5.37. The van der Waals surface area contributed by atoms with Crippen LogP contribution in [0.4, 0.5) is 4.39 Å². The zero-order valence-electron chi connectivity index (χ0n) is 10.1.